The third-order valence-corrected chi connectivity index (χ3v) is 5.44. The van der Waals surface area contributed by atoms with Gasteiger partial charge in [-0.1, -0.05) is 18.2 Å². The Morgan fingerprint density at radius 1 is 1.03 bits per heavy atom. The van der Waals surface area contributed by atoms with E-state index < -0.39 is 10.0 Å². The summed E-state index contributed by atoms with van der Waals surface area (Å²) in [6, 6.07) is 14.3. The Balaban J connectivity index is 1.87. The number of nitrogens with zero attached hydrogens (tertiary/aromatic N) is 1. The van der Waals surface area contributed by atoms with Crippen molar-refractivity contribution in [2.24, 2.45) is 0 Å². The van der Waals surface area contributed by atoms with Crippen LogP contribution in [0, 0.1) is 0 Å². The van der Waals surface area contributed by atoms with Gasteiger partial charge in [0.15, 0.2) is 0 Å². The predicted molar refractivity (Wildman–Crippen MR) is 116 cm³/mol. The van der Waals surface area contributed by atoms with Gasteiger partial charge >= 0.3 is 0 Å². The van der Waals surface area contributed by atoms with Gasteiger partial charge < -0.3 is 19.5 Å². The van der Waals surface area contributed by atoms with E-state index in [0.717, 1.165) is 12.0 Å². The number of carbonyl (C=O) groups excluding carboxylic acids is 1. The van der Waals surface area contributed by atoms with Crippen LogP contribution in [0.2, 0.25) is 0 Å². The largest absolute Gasteiger partial charge is 0.497 e. The number of para-hydroxylation sites is 1. The van der Waals surface area contributed by atoms with E-state index in [2.05, 4.69) is 5.32 Å². The number of hydrogen-bond acceptors (Lipinski definition) is 6. The summed E-state index contributed by atoms with van der Waals surface area (Å²) in [6.45, 7) is 0.857. The summed E-state index contributed by atoms with van der Waals surface area (Å²) < 4.78 is 41.9. The van der Waals surface area contributed by atoms with Crippen LogP contribution < -0.4 is 23.8 Å². The van der Waals surface area contributed by atoms with Gasteiger partial charge in [0, 0.05) is 19.0 Å². The average Bonchev–Trinajstić information content (AvgIpc) is 2.73. The van der Waals surface area contributed by atoms with Crippen molar-refractivity contribution in [3.8, 4) is 17.2 Å². The van der Waals surface area contributed by atoms with Crippen molar-refractivity contribution < 1.29 is 27.4 Å². The number of sulfonamides is 1. The van der Waals surface area contributed by atoms with Crippen LogP contribution in [-0.2, 0) is 14.8 Å². The molecular formula is C21H28N2O6S. The summed E-state index contributed by atoms with van der Waals surface area (Å²) in [6.07, 6.45) is 1.65. The highest BCUT2D eigenvalue weighted by Gasteiger charge is 2.22. The smallest absolute Gasteiger partial charge is 0.232 e. The quantitative estimate of drug-likeness (QED) is 0.514. The van der Waals surface area contributed by atoms with Gasteiger partial charge in [0.1, 0.15) is 23.9 Å². The van der Waals surface area contributed by atoms with Gasteiger partial charge in [0.2, 0.25) is 15.9 Å². The lowest BCUT2D eigenvalue weighted by molar-refractivity contribution is -0.121. The van der Waals surface area contributed by atoms with Crippen molar-refractivity contribution in [1.82, 2.24) is 5.32 Å². The number of amides is 1. The highest BCUT2D eigenvalue weighted by atomic mass is 32.2. The molecule has 0 spiro atoms. The van der Waals surface area contributed by atoms with E-state index in [4.69, 9.17) is 14.2 Å². The van der Waals surface area contributed by atoms with E-state index in [9.17, 15) is 13.2 Å². The zero-order valence-electron chi connectivity index (χ0n) is 17.5. The number of hydrogen-bond donors (Lipinski definition) is 1. The second-order valence-corrected chi connectivity index (χ2v) is 8.39. The molecule has 2 aromatic carbocycles. The minimum absolute atomic E-state index is 0.135. The Morgan fingerprint density at radius 2 is 1.77 bits per heavy atom. The lowest BCUT2D eigenvalue weighted by Crippen LogP contribution is -2.33. The summed E-state index contributed by atoms with van der Waals surface area (Å²) >= 11 is 0. The minimum Gasteiger partial charge on any atom is -0.497 e. The van der Waals surface area contributed by atoms with Gasteiger partial charge in [-0.2, -0.15) is 0 Å². The van der Waals surface area contributed by atoms with Crippen molar-refractivity contribution in [3.05, 3.63) is 48.5 Å². The topological polar surface area (TPSA) is 94.2 Å². The number of rotatable bonds is 12. The predicted octanol–water partition coefficient (Wildman–Crippen LogP) is 2.45. The van der Waals surface area contributed by atoms with E-state index in [1.807, 2.05) is 30.3 Å². The molecule has 0 bridgehead atoms. The SMILES string of the molecule is COc1ccc(OC)c(N(CCCC(=O)NCCOc2ccccc2)S(C)(=O)=O)c1. The first kappa shape index (κ1) is 23.3. The van der Waals surface area contributed by atoms with Crippen LogP contribution in [0.5, 0.6) is 17.2 Å². The Morgan fingerprint density at radius 3 is 2.40 bits per heavy atom. The summed E-state index contributed by atoms with van der Waals surface area (Å²) in [7, 11) is -0.608. The van der Waals surface area contributed by atoms with Crippen molar-refractivity contribution in [3.63, 3.8) is 0 Å². The molecule has 9 heteroatoms. The molecule has 0 atom stereocenters. The van der Waals surface area contributed by atoms with Crippen LogP contribution in [0.15, 0.2) is 48.5 Å². The molecule has 8 nitrogen and oxygen atoms in total. The maximum absolute atomic E-state index is 12.3. The molecule has 0 aliphatic rings. The molecule has 0 saturated carbocycles. The van der Waals surface area contributed by atoms with Gasteiger partial charge in [-0.15, -0.1) is 0 Å². The van der Waals surface area contributed by atoms with E-state index in [1.54, 1.807) is 18.2 Å². The normalized spacial score (nSPS) is 10.9. The molecule has 0 unspecified atom stereocenters. The van der Waals surface area contributed by atoms with Crippen molar-refractivity contribution in [1.29, 1.82) is 0 Å². The molecular weight excluding hydrogens is 408 g/mol. The van der Waals surface area contributed by atoms with Crippen molar-refractivity contribution >= 4 is 21.6 Å². The maximum Gasteiger partial charge on any atom is 0.232 e. The average molecular weight is 437 g/mol. The second-order valence-electron chi connectivity index (χ2n) is 6.49. The highest BCUT2D eigenvalue weighted by Crippen LogP contribution is 2.33. The number of carbonyl (C=O) groups is 1. The number of ether oxygens (including phenoxy) is 3. The Kier molecular flexibility index (Phi) is 8.79. The van der Waals surface area contributed by atoms with Crippen LogP contribution in [0.3, 0.4) is 0 Å². The van der Waals surface area contributed by atoms with E-state index in [-0.39, 0.29) is 18.9 Å². The van der Waals surface area contributed by atoms with Gasteiger partial charge in [-0.05, 0) is 30.7 Å². The van der Waals surface area contributed by atoms with E-state index in [0.29, 0.717) is 36.8 Å². The molecule has 0 heterocycles. The molecule has 1 N–H and O–H groups in total. The van der Waals surface area contributed by atoms with Gasteiger partial charge in [-0.3, -0.25) is 9.10 Å². The number of nitrogens with one attached hydrogen (secondary N) is 1. The Hall–Kier alpha value is -2.94. The molecule has 0 fully saturated rings. The summed E-state index contributed by atoms with van der Waals surface area (Å²) in [5.74, 6) is 1.49. The third kappa shape index (κ3) is 7.14. The zero-order valence-corrected chi connectivity index (χ0v) is 18.3. The number of anilines is 1. The fraction of sp³-hybridized carbons (Fsp3) is 0.381. The lowest BCUT2D eigenvalue weighted by Gasteiger charge is -2.24. The molecule has 0 aromatic heterocycles. The van der Waals surface area contributed by atoms with Gasteiger partial charge in [0.05, 0.1) is 32.7 Å². The molecule has 30 heavy (non-hydrogen) atoms. The minimum atomic E-state index is -3.58. The van der Waals surface area contributed by atoms with E-state index >= 15 is 0 Å². The van der Waals surface area contributed by atoms with Crippen LogP contribution in [0.1, 0.15) is 12.8 Å². The first-order valence-electron chi connectivity index (χ1n) is 9.49. The fourth-order valence-electron chi connectivity index (χ4n) is 2.80. The van der Waals surface area contributed by atoms with E-state index in [1.165, 1.54) is 18.5 Å². The van der Waals surface area contributed by atoms with Crippen LogP contribution in [0.25, 0.3) is 0 Å². The van der Waals surface area contributed by atoms with Gasteiger partial charge in [-0.25, -0.2) is 8.42 Å². The molecule has 0 aliphatic heterocycles. The zero-order chi connectivity index (χ0) is 22.0. The van der Waals surface area contributed by atoms with Crippen LogP contribution >= 0.6 is 0 Å². The standard InChI is InChI=1S/C21H28N2O6S/c1-27-18-11-12-20(28-2)19(16-18)23(30(3,25)26)14-7-10-21(24)22-13-15-29-17-8-5-4-6-9-17/h4-6,8-9,11-12,16H,7,10,13-15H2,1-3H3,(H,22,24). The number of methoxy groups -OCH3 is 2. The molecule has 1 amide bonds. The van der Waals surface area contributed by atoms with Crippen LogP contribution in [0.4, 0.5) is 5.69 Å². The summed E-state index contributed by atoms with van der Waals surface area (Å²) in [5.41, 5.74) is 0.371. The summed E-state index contributed by atoms with van der Waals surface area (Å²) in [5, 5.41) is 2.77. The lowest BCUT2D eigenvalue weighted by atomic mass is 10.2. The molecule has 0 saturated heterocycles. The van der Waals surface area contributed by atoms with Crippen molar-refractivity contribution in [2.45, 2.75) is 12.8 Å². The monoisotopic (exact) mass is 436 g/mol. The molecule has 0 aliphatic carbocycles. The third-order valence-electron chi connectivity index (χ3n) is 4.26. The highest BCUT2D eigenvalue weighted by molar-refractivity contribution is 7.92. The first-order chi connectivity index (χ1) is 14.3. The first-order valence-corrected chi connectivity index (χ1v) is 11.3. The van der Waals surface area contributed by atoms with Crippen LogP contribution in [-0.4, -0.2) is 54.5 Å². The second kappa shape index (κ2) is 11.3. The molecule has 2 rings (SSSR count). The Labute approximate surface area is 177 Å². The Bertz CT molecular complexity index is 918. The fourth-order valence-corrected chi connectivity index (χ4v) is 3.76. The maximum atomic E-state index is 12.3. The van der Waals surface area contributed by atoms with Gasteiger partial charge in [0.25, 0.3) is 0 Å². The molecule has 0 radical (unpaired) electrons. The summed E-state index contributed by atoms with van der Waals surface area (Å²) in [4.78, 5) is 12.1. The van der Waals surface area contributed by atoms with Crippen molar-refractivity contribution in [2.75, 3.05) is 44.5 Å². The number of benzene rings is 2. The molecule has 164 valence electrons. The molecule has 2 aromatic rings.